The van der Waals surface area contributed by atoms with Crippen molar-refractivity contribution in [2.24, 2.45) is 0 Å². The molecule has 0 bridgehead atoms. The lowest BCUT2D eigenvalue weighted by Gasteiger charge is -2.08. The summed E-state index contributed by atoms with van der Waals surface area (Å²) >= 11 is 3.39. The molecule has 0 unspecified atom stereocenters. The monoisotopic (exact) mass is 333 g/mol. The number of hydrogen-bond donors (Lipinski definition) is 2. The first-order chi connectivity index (χ1) is 9.59. The van der Waals surface area contributed by atoms with Crippen LogP contribution in [-0.2, 0) is 6.54 Å². The molecule has 0 radical (unpaired) electrons. The van der Waals surface area contributed by atoms with Crippen LogP contribution in [0.1, 0.15) is 26.3 Å². The molecule has 0 saturated carbocycles. The van der Waals surface area contributed by atoms with E-state index in [1.807, 2.05) is 24.3 Å². The number of hydrogen-bond acceptors (Lipinski definition) is 2. The zero-order valence-corrected chi connectivity index (χ0v) is 12.1. The van der Waals surface area contributed by atoms with Crippen LogP contribution in [0.3, 0.4) is 0 Å². The maximum absolute atomic E-state index is 12.1. The number of carbonyl (C=O) groups excluding carboxylic acids is 1. The minimum absolute atomic E-state index is 0.00266. The van der Waals surface area contributed by atoms with Gasteiger partial charge in [0, 0.05) is 11.0 Å². The fourth-order valence-corrected chi connectivity index (χ4v) is 2.21. The van der Waals surface area contributed by atoms with Gasteiger partial charge in [-0.1, -0.05) is 46.3 Å². The Bertz CT molecular complexity index is 655. The number of aromatic carboxylic acids is 1. The van der Waals surface area contributed by atoms with E-state index in [9.17, 15) is 9.59 Å². The SMILES string of the molecule is O=C(O)c1ccccc1C(=O)NCc1ccccc1Br. The number of halogens is 1. The van der Waals surface area contributed by atoms with Crippen molar-refractivity contribution >= 4 is 27.8 Å². The standard InChI is InChI=1S/C15H12BrNO3/c16-13-8-4-1-5-10(13)9-17-14(18)11-6-2-3-7-12(11)15(19)20/h1-8H,9H2,(H,17,18)(H,19,20). The highest BCUT2D eigenvalue weighted by Crippen LogP contribution is 2.16. The molecule has 0 aromatic heterocycles. The second kappa shape index (κ2) is 6.34. The van der Waals surface area contributed by atoms with Gasteiger partial charge in [0.25, 0.3) is 5.91 Å². The molecule has 0 saturated heterocycles. The van der Waals surface area contributed by atoms with Crippen molar-refractivity contribution in [3.8, 4) is 0 Å². The number of carbonyl (C=O) groups is 2. The van der Waals surface area contributed by atoms with E-state index in [-0.39, 0.29) is 11.1 Å². The van der Waals surface area contributed by atoms with Crippen LogP contribution < -0.4 is 5.32 Å². The molecule has 0 aliphatic heterocycles. The summed E-state index contributed by atoms with van der Waals surface area (Å²) in [5.74, 6) is -1.52. The minimum Gasteiger partial charge on any atom is -0.478 e. The molecule has 2 N–H and O–H groups in total. The molecule has 0 heterocycles. The van der Waals surface area contributed by atoms with Crippen LogP contribution in [0.15, 0.2) is 53.0 Å². The second-order valence-electron chi connectivity index (χ2n) is 4.12. The fraction of sp³-hybridized carbons (Fsp3) is 0.0667. The Labute approximate surface area is 124 Å². The summed E-state index contributed by atoms with van der Waals surface area (Å²) in [6.45, 7) is 0.328. The molecule has 20 heavy (non-hydrogen) atoms. The van der Waals surface area contributed by atoms with E-state index in [0.29, 0.717) is 6.54 Å². The number of nitrogens with one attached hydrogen (secondary N) is 1. The van der Waals surface area contributed by atoms with Crippen LogP contribution in [0.2, 0.25) is 0 Å². The third kappa shape index (κ3) is 3.24. The van der Waals surface area contributed by atoms with Crippen LogP contribution in [0.4, 0.5) is 0 Å². The van der Waals surface area contributed by atoms with Crippen molar-refractivity contribution in [2.45, 2.75) is 6.54 Å². The molecule has 0 aliphatic carbocycles. The van der Waals surface area contributed by atoms with Gasteiger partial charge in [-0.25, -0.2) is 4.79 Å². The lowest BCUT2D eigenvalue weighted by atomic mass is 10.1. The highest BCUT2D eigenvalue weighted by atomic mass is 79.9. The predicted molar refractivity (Wildman–Crippen MR) is 78.7 cm³/mol. The van der Waals surface area contributed by atoms with Gasteiger partial charge in [0.1, 0.15) is 0 Å². The van der Waals surface area contributed by atoms with Crippen LogP contribution >= 0.6 is 15.9 Å². The lowest BCUT2D eigenvalue weighted by molar-refractivity contribution is 0.0691. The van der Waals surface area contributed by atoms with E-state index in [2.05, 4.69) is 21.2 Å². The lowest BCUT2D eigenvalue weighted by Crippen LogP contribution is -2.25. The van der Waals surface area contributed by atoms with E-state index < -0.39 is 11.9 Å². The van der Waals surface area contributed by atoms with E-state index >= 15 is 0 Å². The van der Waals surface area contributed by atoms with E-state index in [1.54, 1.807) is 12.1 Å². The molecule has 4 nitrogen and oxygen atoms in total. The maximum atomic E-state index is 12.1. The third-order valence-electron chi connectivity index (χ3n) is 2.80. The molecule has 0 aliphatic rings. The van der Waals surface area contributed by atoms with Crippen molar-refractivity contribution in [3.05, 3.63) is 69.7 Å². The summed E-state index contributed by atoms with van der Waals surface area (Å²) in [4.78, 5) is 23.1. The Balaban J connectivity index is 2.14. The zero-order chi connectivity index (χ0) is 14.5. The summed E-state index contributed by atoms with van der Waals surface area (Å²) in [5.41, 5.74) is 1.08. The van der Waals surface area contributed by atoms with E-state index in [0.717, 1.165) is 10.0 Å². The predicted octanol–water partition coefficient (Wildman–Crippen LogP) is 3.08. The molecule has 2 aromatic rings. The van der Waals surface area contributed by atoms with Crippen molar-refractivity contribution in [3.63, 3.8) is 0 Å². The summed E-state index contributed by atoms with van der Waals surface area (Å²) in [5, 5.41) is 11.8. The number of carboxylic acid groups (broad SMARTS) is 1. The normalized spacial score (nSPS) is 10.1. The van der Waals surface area contributed by atoms with Gasteiger partial charge in [-0.05, 0) is 23.8 Å². The molecular weight excluding hydrogens is 322 g/mol. The first-order valence-electron chi connectivity index (χ1n) is 5.93. The Morgan fingerprint density at radius 3 is 2.25 bits per heavy atom. The number of benzene rings is 2. The number of rotatable bonds is 4. The van der Waals surface area contributed by atoms with Crippen LogP contribution in [0.5, 0.6) is 0 Å². The van der Waals surface area contributed by atoms with Gasteiger partial charge < -0.3 is 10.4 Å². The summed E-state index contributed by atoms with van der Waals surface area (Å²) in [6.07, 6.45) is 0. The van der Waals surface area contributed by atoms with Crippen molar-refractivity contribution < 1.29 is 14.7 Å². The Kier molecular flexibility index (Phi) is 4.53. The molecular formula is C15H12BrNO3. The maximum Gasteiger partial charge on any atom is 0.336 e. The van der Waals surface area contributed by atoms with Crippen molar-refractivity contribution in [1.29, 1.82) is 0 Å². The molecule has 0 spiro atoms. The summed E-state index contributed by atoms with van der Waals surface area (Å²) in [6, 6.07) is 13.7. The molecule has 102 valence electrons. The van der Waals surface area contributed by atoms with E-state index in [1.165, 1.54) is 12.1 Å². The third-order valence-corrected chi connectivity index (χ3v) is 3.57. The number of amides is 1. The average molecular weight is 334 g/mol. The summed E-state index contributed by atoms with van der Waals surface area (Å²) < 4.78 is 0.895. The van der Waals surface area contributed by atoms with Crippen LogP contribution in [0.25, 0.3) is 0 Å². The highest BCUT2D eigenvalue weighted by Gasteiger charge is 2.15. The smallest absolute Gasteiger partial charge is 0.336 e. The number of carboxylic acids is 1. The van der Waals surface area contributed by atoms with Gasteiger partial charge >= 0.3 is 5.97 Å². The molecule has 1 amide bonds. The molecule has 2 aromatic carbocycles. The quantitative estimate of drug-likeness (QED) is 0.903. The van der Waals surface area contributed by atoms with Gasteiger partial charge in [-0.15, -0.1) is 0 Å². The topological polar surface area (TPSA) is 66.4 Å². The minimum atomic E-state index is -1.11. The second-order valence-corrected chi connectivity index (χ2v) is 4.98. The van der Waals surface area contributed by atoms with Gasteiger partial charge in [-0.2, -0.15) is 0 Å². The Morgan fingerprint density at radius 2 is 1.60 bits per heavy atom. The summed E-state index contributed by atoms with van der Waals surface area (Å²) in [7, 11) is 0. The molecule has 2 rings (SSSR count). The molecule has 0 atom stereocenters. The first-order valence-corrected chi connectivity index (χ1v) is 6.73. The van der Waals surface area contributed by atoms with Gasteiger partial charge in [0.15, 0.2) is 0 Å². The molecule has 5 heteroatoms. The largest absolute Gasteiger partial charge is 0.478 e. The van der Waals surface area contributed by atoms with Crippen LogP contribution in [-0.4, -0.2) is 17.0 Å². The van der Waals surface area contributed by atoms with Gasteiger partial charge in [0.2, 0.25) is 0 Å². The molecule has 0 fully saturated rings. The van der Waals surface area contributed by atoms with Gasteiger partial charge in [0.05, 0.1) is 11.1 Å². The van der Waals surface area contributed by atoms with E-state index in [4.69, 9.17) is 5.11 Å². The first kappa shape index (κ1) is 14.3. The Hall–Kier alpha value is -2.14. The highest BCUT2D eigenvalue weighted by molar-refractivity contribution is 9.10. The van der Waals surface area contributed by atoms with Crippen molar-refractivity contribution in [1.82, 2.24) is 5.32 Å². The van der Waals surface area contributed by atoms with Crippen molar-refractivity contribution in [2.75, 3.05) is 0 Å². The van der Waals surface area contributed by atoms with Gasteiger partial charge in [-0.3, -0.25) is 4.79 Å². The Morgan fingerprint density at radius 1 is 1.00 bits per heavy atom. The zero-order valence-electron chi connectivity index (χ0n) is 10.5. The fourth-order valence-electron chi connectivity index (χ4n) is 1.78. The van der Waals surface area contributed by atoms with Crippen LogP contribution in [0, 0.1) is 0 Å². The average Bonchev–Trinajstić information content (AvgIpc) is 2.46.